The molecule has 1 fully saturated rings. The van der Waals surface area contributed by atoms with Gasteiger partial charge in [-0.25, -0.2) is 4.79 Å². The highest BCUT2D eigenvalue weighted by atomic mass is 16.2. The third-order valence-electron chi connectivity index (χ3n) is 3.63. The van der Waals surface area contributed by atoms with E-state index in [1.54, 1.807) is 0 Å². The average molecular weight is 284 g/mol. The van der Waals surface area contributed by atoms with Gasteiger partial charge in [0.2, 0.25) is 5.91 Å². The second-order valence-electron chi connectivity index (χ2n) is 5.84. The van der Waals surface area contributed by atoms with E-state index in [4.69, 9.17) is 5.73 Å². The molecule has 6 nitrogen and oxygen atoms in total. The van der Waals surface area contributed by atoms with Gasteiger partial charge in [-0.3, -0.25) is 15.0 Å². The summed E-state index contributed by atoms with van der Waals surface area (Å²) in [6.07, 6.45) is 4.19. The number of rotatable bonds is 6. The molecule has 1 aliphatic rings. The van der Waals surface area contributed by atoms with Gasteiger partial charge in [0, 0.05) is 19.1 Å². The van der Waals surface area contributed by atoms with Crippen molar-refractivity contribution in [3.8, 4) is 0 Å². The van der Waals surface area contributed by atoms with Crippen LogP contribution in [0.3, 0.4) is 0 Å². The molecule has 1 aliphatic heterocycles. The molecule has 0 radical (unpaired) electrons. The van der Waals surface area contributed by atoms with Crippen LogP contribution in [-0.2, 0) is 4.79 Å². The summed E-state index contributed by atoms with van der Waals surface area (Å²) >= 11 is 0. The number of nitrogens with one attached hydrogen (secondary N) is 2. The van der Waals surface area contributed by atoms with E-state index in [-0.39, 0.29) is 18.5 Å². The van der Waals surface area contributed by atoms with Crippen molar-refractivity contribution in [3.05, 3.63) is 0 Å². The first-order valence-electron chi connectivity index (χ1n) is 7.54. The van der Waals surface area contributed by atoms with Crippen molar-refractivity contribution < 1.29 is 9.59 Å². The van der Waals surface area contributed by atoms with Gasteiger partial charge in [-0.2, -0.15) is 0 Å². The van der Waals surface area contributed by atoms with Crippen molar-refractivity contribution in [3.63, 3.8) is 0 Å². The molecule has 0 bridgehead atoms. The molecular formula is C14H28N4O2. The highest BCUT2D eigenvalue weighted by Crippen LogP contribution is 2.15. The third-order valence-corrected chi connectivity index (χ3v) is 3.63. The quantitative estimate of drug-likeness (QED) is 0.669. The maximum absolute atomic E-state index is 11.8. The lowest BCUT2D eigenvalue weighted by Gasteiger charge is -2.34. The minimum atomic E-state index is -0.406. The van der Waals surface area contributed by atoms with Gasteiger partial charge >= 0.3 is 6.03 Å². The second-order valence-corrected chi connectivity index (χ2v) is 5.84. The Kier molecular flexibility index (Phi) is 7.54. The van der Waals surface area contributed by atoms with E-state index in [0.29, 0.717) is 19.0 Å². The number of carbonyl (C=O) groups excluding carboxylic acids is 2. The van der Waals surface area contributed by atoms with Crippen molar-refractivity contribution in [1.82, 2.24) is 15.5 Å². The summed E-state index contributed by atoms with van der Waals surface area (Å²) in [5, 5.41) is 5.07. The van der Waals surface area contributed by atoms with E-state index < -0.39 is 6.03 Å². The van der Waals surface area contributed by atoms with Gasteiger partial charge in [-0.05, 0) is 31.7 Å². The lowest BCUT2D eigenvalue weighted by Crippen LogP contribution is -2.50. The van der Waals surface area contributed by atoms with Gasteiger partial charge in [-0.1, -0.05) is 20.3 Å². The van der Waals surface area contributed by atoms with Crippen LogP contribution in [0, 0.1) is 5.92 Å². The molecule has 0 saturated carbocycles. The number of hydrogen-bond donors (Lipinski definition) is 3. The minimum absolute atomic E-state index is 0.249. The number of likely N-dealkylation sites (tertiary alicyclic amines) is 1. The monoisotopic (exact) mass is 284 g/mol. The fourth-order valence-electron chi connectivity index (χ4n) is 2.40. The smallest absolute Gasteiger partial charge is 0.321 e. The fraction of sp³-hybridized carbons (Fsp3) is 0.857. The highest BCUT2D eigenvalue weighted by molar-refractivity contribution is 5.95. The molecule has 20 heavy (non-hydrogen) atoms. The van der Waals surface area contributed by atoms with Gasteiger partial charge in [-0.15, -0.1) is 0 Å². The normalized spacial score (nSPS) is 19.9. The Bertz CT molecular complexity index is 320. The third kappa shape index (κ3) is 6.34. The Hall–Kier alpha value is -1.14. The predicted molar refractivity (Wildman–Crippen MR) is 79.3 cm³/mol. The second kappa shape index (κ2) is 8.92. The van der Waals surface area contributed by atoms with E-state index >= 15 is 0 Å². The fourth-order valence-corrected chi connectivity index (χ4v) is 2.40. The van der Waals surface area contributed by atoms with Crippen LogP contribution in [0.4, 0.5) is 4.79 Å². The Morgan fingerprint density at radius 1 is 1.35 bits per heavy atom. The first-order valence-corrected chi connectivity index (χ1v) is 7.54. The maximum atomic E-state index is 11.8. The summed E-state index contributed by atoms with van der Waals surface area (Å²) in [5.74, 6) is 0.275. The molecule has 3 amide bonds. The summed E-state index contributed by atoms with van der Waals surface area (Å²) in [6, 6.07) is -0.143. The number of carbonyl (C=O) groups is 2. The Morgan fingerprint density at radius 3 is 2.75 bits per heavy atom. The summed E-state index contributed by atoms with van der Waals surface area (Å²) in [6.45, 7) is 6.46. The molecule has 1 saturated heterocycles. The number of urea groups is 1. The van der Waals surface area contributed by atoms with Crippen molar-refractivity contribution >= 4 is 11.9 Å². The van der Waals surface area contributed by atoms with E-state index in [1.807, 2.05) is 0 Å². The first-order chi connectivity index (χ1) is 9.52. The SMILES string of the molecule is CC(C)CCNC(=O)NC(=O)CN1CCCCC1CN. The molecular weight excluding hydrogens is 256 g/mol. The molecule has 1 heterocycles. The summed E-state index contributed by atoms with van der Waals surface area (Å²) in [5.41, 5.74) is 5.71. The van der Waals surface area contributed by atoms with Gasteiger partial charge in [0.1, 0.15) is 0 Å². The molecule has 116 valence electrons. The predicted octanol–water partition coefficient (Wildman–Crippen LogP) is 0.672. The van der Waals surface area contributed by atoms with Crippen LogP contribution in [0.5, 0.6) is 0 Å². The molecule has 1 atom stereocenters. The van der Waals surface area contributed by atoms with E-state index in [2.05, 4.69) is 29.4 Å². The maximum Gasteiger partial charge on any atom is 0.321 e. The standard InChI is InChI=1S/C14H28N4O2/c1-11(2)6-7-16-14(20)17-13(19)10-18-8-4-3-5-12(18)9-15/h11-12H,3-10,15H2,1-2H3,(H2,16,17,19,20). The van der Waals surface area contributed by atoms with Crippen LogP contribution >= 0.6 is 0 Å². The lowest BCUT2D eigenvalue weighted by molar-refractivity contribution is -0.122. The number of amides is 3. The number of piperidine rings is 1. The summed E-state index contributed by atoms with van der Waals surface area (Å²) in [7, 11) is 0. The minimum Gasteiger partial charge on any atom is -0.338 e. The van der Waals surface area contributed by atoms with Crippen molar-refractivity contribution in [1.29, 1.82) is 0 Å². The Balaban J connectivity index is 2.26. The van der Waals surface area contributed by atoms with Gasteiger partial charge in [0.15, 0.2) is 0 Å². The van der Waals surface area contributed by atoms with Crippen LogP contribution in [0.1, 0.15) is 39.5 Å². The molecule has 0 aromatic carbocycles. The van der Waals surface area contributed by atoms with Gasteiger partial charge in [0.05, 0.1) is 6.54 Å². The molecule has 1 unspecified atom stereocenters. The van der Waals surface area contributed by atoms with Gasteiger partial charge < -0.3 is 11.1 Å². The van der Waals surface area contributed by atoms with E-state index in [9.17, 15) is 9.59 Å². The van der Waals surface area contributed by atoms with Crippen LogP contribution in [0.25, 0.3) is 0 Å². The molecule has 0 aromatic heterocycles. The number of hydrogen-bond acceptors (Lipinski definition) is 4. The van der Waals surface area contributed by atoms with Crippen LogP contribution in [0.2, 0.25) is 0 Å². The molecule has 0 aliphatic carbocycles. The highest BCUT2D eigenvalue weighted by Gasteiger charge is 2.23. The largest absolute Gasteiger partial charge is 0.338 e. The first kappa shape index (κ1) is 16.9. The van der Waals surface area contributed by atoms with Crippen LogP contribution in [-0.4, -0.2) is 49.1 Å². The van der Waals surface area contributed by atoms with Crippen LogP contribution in [0.15, 0.2) is 0 Å². The van der Waals surface area contributed by atoms with Crippen molar-refractivity contribution in [2.45, 2.75) is 45.6 Å². The van der Waals surface area contributed by atoms with E-state index in [1.165, 1.54) is 0 Å². The number of nitrogens with two attached hydrogens (primary N) is 1. The summed E-state index contributed by atoms with van der Waals surface area (Å²) in [4.78, 5) is 25.4. The summed E-state index contributed by atoms with van der Waals surface area (Å²) < 4.78 is 0. The van der Waals surface area contributed by atoms with Gasteiger partial charge in [0.25, 0.3) is 0 Å². The van der Waals surface area contributed by atoms with Crippen molar-refractivity contribution in [2.75, 3.05) is 26.2 Å². The van der Waals surface area contributed by atoms with Crippen LogP contribution < -0.4 is 16.4 Å². The topological polar surface area (TPSA) is 87.5 Å². The molecule has 0 spiro atoms. The number of imide groups is 1. The zero-order valence-corrected chi connectivity index (χ0v) is 12.7. The van der Waals surface area contributed by atoms with Crippen molar-refractivity contribution in [2.24, 2.45) is 11.7 Å². The Morgan fingerprint density at radius 2 is 2.10 bits per heavy atom. The molecule has 6 heteroatoms. The molecule has 0 aromatic rings. The number of nitrogens with zero attached hydrogens (tertiary/aromatic N) is 1. The Labute approximate surface area is 121 Å². The average Bonchev–Trinajstić information content (AvgIpc) is 2.38. The molecule has 4 N–H and O–H groups in total. The van der Waals surface area contributed by atoms with E-state index in [0.717, 1.165) is 32.2 Å². The zero-order chi connectivity index (χ0) is 15.0. The zero-order valence-electron chi connectivity index (χ0n) is 12.7. The molecule has 1 rings (SSSR count). The lowest BCUT2D eigenvalue weighted by atomic mass is 10.0.